The first-order chi connectivity index (χ1) is 9.31. The lowest BCUT2D eigenvalue weighted by atomic mass is 9.80. The van der Waals surface area contributed by atoms with Gasteiger partial charge in [-0.3, -0.25) is 0 Å². The van der Waals surface area contributed by atoms with E-state index in [1.807, 2.05) is 12.1 Å². The molecule has 0 unspecified atom stereocenters. The van der Waals surface area contributed by atoms with Crippen LogP contribution in [0, 0.1) is 0 Å². The van der Waals surface area contributed by atoms with Crippen LogP contribution in [0.3, 0.4) is 0 Å². The minimum atomic E-state index is -0.224. The first-order valence-corrected chi connectivity index (χ1v) is 7.07. The molecule has 1 aromatic carbocycles. The number of carbonyl (C=O) groups excluding carboxylic acids is 1. The molecule has 0 radical (unpaired) electrons. The smallest absolute Gasteiger partial charge is 0.338 e. The van der Waals surface area contributed by atoms with E-state index in [2.05, 4.69) is 12.1 Å². The van der Waals surface area contributed by atoms with E-state index in [0.717, 1.165) is 12.8 Å². The standard InChI is InChI=1S/C16H22O3/c1-18-11-2-3-12-19-16(17)15-9-7-14(8-10-15)13-5-4-6-13/h7-10,13H,2-6,11-12H2,1H3. The molecule has 3 heteroatoms. The minimum Gasteiger partial charge on any atom is -0.462 e. The third-order valence-electron chi connectivity index (χ3n) is 3.70. The fraction of sp³-hybridized carbons (Fsp3) is 0.562. The molecule has 0 N–H and O–H groups in total. The van der Waals surface area contributed by atoms with Gasteiger partial charge in [-0.05, 0) is 49.3 Å². The van der Waals surface area contributed by atoms with Crippen LogP contribution < -0.4 is 0 Å². The normalized spacial score (nSPS) is 15.0. The Labute approximate surface area is 114 Å². The molecular formula is C16H22O3. The molecule has 0 heterocycles. The van der Waals surface area contributed by atoms with E-state index in [4.69, 9.17) is 9.47 Å². The molecule has 0 saturated heterocycles. The molecule has 0 atom stereocenters. The zero-order chi connectivity index (χ0) is 13.5. The lowest BCUT2D eigenvalue weighted by Crippen LogP contribution is -2.10. The second kappa shape index (κ2) is 7.29. The molecular weight excluding hydrogens is 240 g/mol. The van der Waals surface area contributed by atoms with Crippen molar-refractivity contribution in [3.63, 3.8) is 0 Å². The molecule has 0 bridgehead atoms. The monoisotopic (exact) mass is 262 g/mol. The molecule has 1 fully saturated rings. The zero-order valence-corrected chi connectivity index (χ0v) is 11.6. The van der Waals surface area contributed by atoms with Crippen molar-refractivity contribution in [3.05, 3.63) is 35.4 Å². The van der Waals surface area contributed by atoms with E-state index < -0.39 is 0 Å². The molecule has 0 aromatic heterocycles. The van der Waals surface area contributed by atoms with Crippen LogP contribution in [0.25, 0.3) is 0 Å². The number of hydrogen-bond donors (Lipinski definition) is 0. The van der Waals surface area contributed by atoms with Gasteiger partial charge in [0.1, 0.15) is 0 Å². The Morgan fingerprint density at radius 3 is 2.42 bits per heavy atom. The van der Waals surface area contributed by atoms with Crippen molar-refractivity contribution in [2.45, 2.75) is 38.0 Å². The second-order valence-electron chi connectivity index (χ2n) is 5.09. The van der Waals surface area contributed by atoms with Gasteiger partial charge in [-0.25, -0.2) is 4.79 Å². The van der Waals surface area contributed by atoms with Crippen molar-refractivity contribution in [1.82, 2.24) is 0 Å². The fourth-order valence-corrected chi connectivity index (χ4v) is 2.23. The maximum Gasteiger partial charge on any atom is 0.338 e. The summed E-state index contributed by atoms with van der Waals surface area (Å²) in [5.74, 6) is 0.483. The fourth-order valence-electron chi connectivity index (χ4n) is 2.23. The lowest BCUT2D eigenvalue weighted by molar-refractivity contribution is 0.0489. The van der Waals surface area contributed by atoms with E-state index in [1.165, 1.54) is 24.8 Å². The van der Waals surface area contributed by atoms with Crippen LogP contribution in [0.5, 0.6) is 0 Å². The van der Waals surface area contributed by atoms with Crippen LogP contribution in [0.15, 0.2) is 24.3 Å². The molecule has 3 nitrogen and oxygen atoms in total. The van der Waals surface area contributed by atoms with Crippen LogP contribution in [0.4, 0.5) is 0 Å². The Hall–Kier alpha value is -1.35. The first kappa shape index (κ1) is 14.1. The van der Waals surface area contributed by atoms with E-state index >= 15 is 0 Å². The summed E-state index contributed by atoms with van der Waals surface area (Å²) < 4.78 is 10.2. The number of esters is 1. The molecule has 1 aliphatic carbocycles. The summed E-state index contributed by atoms with van der Waals surface area (Å²) in [5.41, 5.74) is 2.00. The summed E-state index contributed by atoms with van der Waals surface area (Å²) in [5, 5.41) is 0. The van der Waals surface area contributed by atoms with Crippen molar-refractivity contribution < 1.29 is 14.3 Å². The van der Waals surface area contributed by atoms with Gasteiger partial charge in [-0.1, -0.05) is 18.6 Å². The maximum absolute atomic E-state index is 11.8. The highest BCUT2D eigenvalue weighted by atomic mass is 16.5. The van der Waals surface area contributed by atoms with Gasteiger partial charge in [-0.2, -0.15) is 0 Å². The number of benzene rings is 1. The van der Waals surface area contributed by atoms with Gasteiger partial charge in [-0.15, -0.1) is 0 Å². The van der Waals surface area contributed by atoms with Crippen LogP contribution in [-0.4, -0.2) is 26.3 Å². The molecule has 19 heavy (non-hydrogen) atoms. The predicted octanol–water partition coefficient (Wildman–Crippen LogP) is 3.54. The van der Waals surface area contributed by atoms with E-state index in [1.54, 1.807) is 7.11 Å². The average Bonchev–Trinajstić information content (AvgIpc) is 2.37. The number of hydrogen-bond acceptors (Lipinski definition) is 3. The molecule has 0 spiro atoms. The quantitative estimate of drug-likeness (QED) is 0.557. The topological polar surface area (TPSA) is 35.5 Å². The Kier molecular flexibility index (Phi) is 5.40. The first-order valence-electron chi connectivity index (χ1n) is 7.07. The molecule has 1 saturated carbocycles. The number of carbonyl (C=O) groups is 1. The van der Waals surface area contributed by atoms with Gasteiger partial charge in [0, 0.05) is 13.7 Å². The summed E-state index contributed by atoms with van der Waals surface area (Å²) in [6.45, 7) is 1.18. The maximum atomic E-state index is 11.8. The van der Waals surface area contributed by atoms with Crippen LogP contribution in [0.1, 0.15) is 53.9 Å². The summed E-state index contributed by atoms with van der Waals surface area (Å²) in [6.07, 6.45) is 5.66. The van der Waals surface area contributed by atoms with E-state index in [9.17, 15) is 4.79 Å². The molecule has 1 aromatic rings. The highest BCUT2D eigenvalue weighted by Crippen LogP contribution is 2.36. The van der Waals surface area contributed by atoms with Gasteiger partial charge in [0.05, 0.1) is 12.2 Å². The van der Waals surface area contributed by atoms with Crippen molar-refractivity contribution >= 4 is 5.97 Å². The van der Waals surface area contributed by atoms with E-state index in [-0.39, 0.29) is 5.97 Å². The van der Waals surface area contributed by atoms with Crippen molar-refractivity contribution in [1.29, 1.82) is 0 Å². The number of unbranched alkanes of at least 4 members (excludes halogenated alkanes) is 1. The summed E-state index contributed by atoms with van der Waals surface area (Å²) in [4.78, 5) is 11.8. The van der Waals surface area contributed by atoms with Gasteiger partial charge in [0.15, 0.2) is 0 Å². The predicted molar refractivity (Wildman–Crippen MR) is 74.4 cm³/mol. The lowest BCUT2D eigenvalue weighted by Gasteiger charge is -2.25. The third-order valence-corrected chi connectivity index (χ3v) is 3.70. The Bertz CT molecular complexity index is 393. The summed E-state index contributed by atoms with van der Waals surface area (Å²) in [6, 6.07) is 7.88. The Morgan fingerprint density at radius 1 is 1.16 bits per heavy atom. The Morgan fingerprint density at radius 2 is 1.84 bits per heavy atom. The van der Waals surface area contributed by atoms with Crippen molar-refractivity contribution in [2.75, 3.05) is 20.3 Å². The molecule has 0 amide bonds. The Balaban J connectivity index is 1.75. The number of ether oxygens (including phenoxy) is 2. The van der Waals surface area contributed by atoms with Gasteiger partial charge < -0.3 is 9.47 Å². The second-order valence-corrected chi connectivity index (χ2v) is 5.09. The van der Waals surface area contributed by atoms with Crippen LogP contribution in [0.2, 0.25) is 0 Å². The molecule has 2 rings (SSSR count). The van der Waals surface area contributed by atoms with Crippen molar-refractivity contribution in [2.24, 2.45) is 0 Å². The van der Waals surface area contributed by atoms with Gasteiger partial charge >= 0.3 is 5.97 Å². The van der Waals surface area contributed by atoms with Crippen LogP contribution in [-0.2, 0) is 9.47 Å². The highest BCUT2D eigenvalue weighted by molar-refractivity contribution is 5.89. The van der Waals surface area contributed by atoms with Gasteiger partial charge in [0.2, 0.25) is 0 Å². The largest absolute Gasteiger partial charge is 0.462 e. The summed E-state index contributed by atoms with van der Waals surface area (Å²) >= 11 is 0. The highest BCUT2D eigenvalue weighted by Gasteiger charge is 2.19. The van der Waals surface area contributed by atoms with Crippen molar-refractivity contribution in [3.8, 4) is 0 Å². The summed E-state index contributed by atoms with van der Waals surface area (Å²) in [7, 11) is 1.68. The number of methoxy groups -OCH3 is 1. The van der Waals surface area contributed by atoms with E-state index in [0.29, 0.717) is 24.7 Å². The zero-order valence-electron chi connectivity index (χ0n) is 11.6. The average molecular weight is 262 g/mol. The SMILES string of the molecule is COCCCCOC(=O)c1ccc(C2CCC2)cc1. The molecule has 1 aliphatic rings. The number of rotatable bonds is 7. The molecule has 0 aliphatic heterocycles. The van der Waals surface area contributed by atoms with Crippen LogP contribution >= 0.6 is 0 Å². The third kappa shape index (κ3) is 4.06. The molecule has 104 valence electrons. The van der Waals surface area contributed by atoms with Gasteiger partial charge in [0.25, 0.3) is 0 Å². The minimum absolute atomic E-state index is 0.224.